The third-order valence-electron chi connectivity index (χ3n) is 4.77. The molecule has 0 spiro atoms. The predicted molar refractivity (Wildman–Crippen MR) is 110 cm³/mol. The van der Waals surface area contributed by atoms with Gasteiger partial charge in [-0.1, -0.05) is 25.1 Å². The summed E-state index contributed by atoms with van der Waals surface area (Å²) in [5, 5.41) is 8.05. The van der Waals surface area contributed by atoms with Crippen molar-refractivity contribution in [3.05, 3.63) is 70.1 Å². The Morgan fingerprint density at radius 3 is 2.76 bits per heavy atom. The van der Waals surface area contributed by atoms with Crippen LogP contribution in [-0.2, 0) is 4.79 Å². The zero-order valence-electron chi connectivity index (χ0n) is 15.7. The standard InChI is InChI=1S/C21H17F2N3O2S/c1-3-16(20(27)24-15-10-12(22)8-9-14(15)23)26-21(28)18-13-6-4-5-7-17(13)29-19(18)11(2)25-26/h4-10,16H,3H2,1-2H3,(H,24,27)/t16-/m0/s1. The molecule has 8 heteroatoms. The van der Waals surface area contributed by atoms with E-state index in [-0.39, 0.29) is 17.7 Å². The Labute approximate surface area is 168 Å². The summed E-state index contributed by atoms with van der Waals surface area (Å²) in [4.78, 5) is 26.0. The number of hydrogen-bond acceptors (Lipinski definition) is 4. The summed E-state index contributed by atoms with van der Waals surface area (Å²) < 4.78 is 30.2. The van der Waals surface area contributed by atoms with Gasteiger partial charge < -0.3 is 5.32 Å². The molecule has 0 bridgehead atoms. The summed E-state index contributed by atoms with van der Waals surface area (Å²) >= 11 is 1.48. The van der Waals surface area contributed by atoms with Gasteiger partial charge in [0.05, 0.1) is 21.5 Å². The molecular formula is C21H17F2N3O2S. The number of thiophene rings is 1. The van der Waals surface area contributed by atoms with E-state index in [1.165, 1.54) is 11.3 Å². The van der Waals surface area contributed by atoms with Gasteiger partial charge in [-0.15, -0.1) is 11.3 Å². The summed E-state index contributed by atoms with van der Waals surface area (Å²) in [7, 11) is 0. The highest BCUT2D eigenvalue weighted by atomic mass is 32.1. The number of anilines is 1. The average molecular weight is 413 g/mol. The minimum Gasteiger partial charge on any atom is -0.322 e. The Morgan fingerprint density at radius 2 is 2.00 bits per heavy atom. The van der Waals surface area contributed by atoms with E-state index in [0.29, 0.717) is 11.1 Å². The van der Waals surface area contributed by atoms with Crippen molar-refractivity contribution in [2.45, 2.75) is 26.3 Å². The van der Waals surface area contributed by atoms with Gasteiger partial charge in [0.25, 0.3) is 5.56 Å². The van der Waals surface area contributed by atoms with Crippen molar-refractivity contribution in [3.8, 4) is 0 Å². The highest BCUT2D eigenvalue weighted by molar-refractivity contribution is 7.26. The largest absolute Gasteiger partial charge is 0.322 e. The van der Waals surface area contributed by atoms with E-state index in [9.17, 15) is 18.4 Å². The van der Waals surface area contributed by atoms with Gasteiger partial charge in [0.1, 0.15) is 17.7 Å². The van der Waals surface area contributed by atoms with E-state index in [4.69, 9.17) is 0 Å². The number of benzene rings is 2. The fraction of sp³-hybridized carbons (Fsp3) is 0.190. The topological polar surface area (TPSA) is 64.0 Å². The molecule has 0 radical (unpaired) electrons. The van der Waals surface area contributed by atoms with E-state index in [1.54, 1.807) is 13.8 Å². The van der Waals surface area contributed by atoms with Gasteiger partial charge in [-0.3, -0.25) is 9.59 Å². The van der Waals surface area contributed by atoms with E-state index in [2.05, 4.69) is 10.4 Å². The van der Waals surface area contributed by atoms with E-state index in [0.717, 1.165) is 37.7 Å². The van der Waals surface area contributed by atoms with Crippen LogP contribution in [-0.4, -0.2) is 15.7 Å². The number of nitrogens with one attached hydrogen (secondary N) is 1. The summed E-state index contributed by atoms with van der Waals surface area (Å²) in [6.45, 7) is 3.51. The maximum atomic E-state index is 13.9. The maximum absolute atomic E-state index is 13.9. The SMILES string of the molecule is CC[C@@H](C(=O)Nc1cc(F)ccc1F)n1nc(C)c2sc3ccccc3c2c1=O. The summed E-state index contributed by atoms with van der Waals surface area (Å²) in [5.74, 6) is -2.07. The molecule has 0 saturated heterocycles. The molecule has 0 unspecified atom stereocenters. The predicted octanol–water partition coefficient (Wildman–Crippen LogP) is 4.79. The molecule has 148 valence electrons. The summed E-state index contributed by atoms with van der Waals surface area (Å²) in [5.41, 5.74) is -0.0333. The molecule has 0 fully saturated rings. The van der Waals surface area contributed by atoms with Crippen LogP contribution in [0.15, 0.2) is 47.3 Å². The fourth-order valence-electron chi connectivity index (χ4n) is 3.37. The molecule has 2 aromatic carbocycles. The lowest BCUT2D eigenvalue weighted by Crippen LogP contribution is -2.35. The van der Waals surface area contributed by atoms with Gasteiger partial charge in [-0.05, 0) is 31.5 Å². The number of aryl methyl sites for hydroxylation is 1. The van der Waals surface area contributed by atoms with Crippen molar-refractivity contribution in [2.24, 2.45) is 0 Å². The van der Waals surface area contributed by atoms with Crippen molar-refractivity contribution < 1.29 is 13.6 Å². The highest BCUT2D eigenvalue weighted by Gasteiger charge is 2.25. The van der Waals surface area contributed by atoms with Crippen LogP contribution in [0, 0.1) is 18.6 Å². The third-order valence-corrected chi connectivity index (χ3v) is 6.05. The quantitative estimate of drug-likeness (QED) is 0.523. The second-order valence-electron chi connectivity index (χ2n) is 6.67. The van der Waals surface area contributed by atoms with Crippen LogP contribution in [0.2, 0.25) is 0 Å². The highest BCUT2D eigenvalue weighted by Crippen LogP contribution is 2.33. The first-order valence-electron chi connectivity index (χ1n) is 9.07. The smallest absolute Gasteiger partial charge is 0.276 e. The van der Waals surface area contributed by atoms with Crippen LogP contribution in [0.3, 0.4) is 0 Å². The van der Waals surface area contributed by atoms with Crippen LogP contribution >= 0.6 is 11.3 Å². The minimum atomic E-state index is -0.966. The van der Waals surface area contributed by atoms with Crippen molar-refractivity contribution in [1.82, 2.24) is 9.78 Å². The van der Waals surface area contributed by atoms with Crippen molar-refractivity contribution >= 4 is 43.1 Å². The lowest BCUT2D eigenvalue weighted by atomic mass is 10.1. The average Bonchev–Trinajstić information content (AvgIpc) is 3.09. The van der Waals surface area contributed by atoms with Crippen LogP contribution in [0.5, 0.6) is 0 Å². The first-order chi connectivity index (χ1) is 13.9. The van der Waals surface area contributed by atoms with Gasteiger partial charge in [0.15, 0.2) is 0 Å². The second kappa shape index (κ2) is 7.36. The third kappa shape index (κ3) is 3.29. The van der Waals surface area contributed by atoms with E-state index >= 15 is 0 Å². The Bertz CT molecular complexity index is 1310. The Morgan fingerprint density at radius 1 is 1.24 bits per heavy atom. The van der Waals surface area contributed by atoms with Gasteiger partial charge in [-0.2, -0.15) is 5.10 Å². The monoisotopic (exact) mass is 413 g/mol. The van der Waals surface area contributed by atoms with E-state index < -0.39 is 23.6 Å². The molecule has 5 nitrogen and oxygen atoms in total. The normalized spacial score (nSPS) is 12.4. The zero-order valence-corrected chi connectivity index (χ0v) is 16.5. The van der Waals surface area contributed by atoms with Crippen LogP contribution in [0.25, 0.3) is 20.2 Å². The molecule has 29 heavy (non-hydrogen) atoms. The number of halogens is 2. The van der Waals surface area contributed by atoms with Gasteiger partial charge in [0, 0.05) is 16.2 Å². The van der Waals surface area contributed by atoms with Crippen molar-refractivity contribution in [3.63, 3.8) is 0 Å². The van der Waals surface area contributed by atoms with E-state index in [1.807, 2.05) is 24.3 Å². The number of carbonyl (C=O) groups excluding carboxylic acids is 1. The Balaban J connectivity index is 1.82. The van der Waals surface area contributed by atoms with Gasteiger partial charge in [0.2, 0.25) is 5.91 Å². The number of nitrogens with zero attached hydrogens (tertiary/aromatic N) is 2. The summed E-state index contributed by atoms with van der Waals surface area (Å²) in [6.07, 6.45) is 0.253. The fourth-order valence-corrected chi connectivity index (χ4v) is 4.50. The molecule has 1 atom stereocenters. The zero-order chi connectivity index (χ0) is 20.7. The molecular weight excluding hydrogens is 396 g/mol. The molecule has 2 aromatic heterocycles. The van der Waals surface area contributed by atoms with Gasteiger partial charge in [-0.25, -0.2) is 13.5 Å². The molecule has 0 aliphatic rings. The molecule has 4 aromatic rings. The molecule has 0 saturated carbocycles. The molecule has 1 N–H and O–H groups in total. The van der Waals surface area contributed by atoms with Gasteiger partial charge >= 0.3 is 0 Å². The first kappa shape index (κ1) is 19.2. The van der Waals surface area contributed by atoms with Crippen LogP contribution in [0.4, 0.5) is 14.5 Å². The molecule has 0 aliphatic heterocycles. The molecule has 4 rings (SSSR count). The number of hydrogen-bond donors (Lipinski definition) is 1. The number of rotatable bonds is 4. The maximum Gasteiger partial charge on any atom is 0.276 e. The number of aromatic nitrogens is 2. The molecule has 2 heterocycles. The van der Waals surface area contributed by atoms with Crippen molar-refractivity contribution in [2.75, 3.05) is 5.32 Å². The first-order valence-corrected chi connectivity index (χ1v) is 9.89. The number of amides is 1. The Kier molecular flexibility index (Phi) is 4.87. The molecule has 1 amide bonds. The van der Waals surface area contributed by atoms with Crippen LogP contribution < -0.4 is 10.9 Å². The number of carbonyl (C=O) groups is 1. The van der Waals surface area contributed by atoms with Crippen LogP contribution in [0.1, 0.15) is 25.1 Å². The molecule has 0 aliphatic carbocycles. The number of fused-ring (bicyclic) bond motifs is 3. The van der Waals surface area contributed by atoms with Crippen molar-refractivity contribution in [1.29, 1.82) is 0 Å². The lowest BCUT2D eigenvalue weighted by Gasteiger charge is -2.18. The second-order valence-corrected chi connectivity index (χ2v) is 7.73. The summed E-state index contributed by atoms with van der Waals surface area (Å²) in [6, 6.07) is 9.38. The lowest BCUT2D eigenvalue weighted by molar-refractivity contribution is -0.119. The minimum absolute atomic E-state index is 0.253. The Hall–Kier alpha value is -3.13.